The van der Waals surface area contributed by atoms with Crippen molar-refractivity contribution in [1.82, 2.24) is 20.0 Å². The molecular formula is C17H12ClN5OS. The Balaban J connectivity index is 1.47. The molecule has 0 atom stereocenters. The molecule has 0 bridgehead atoms. The molecule has 124 valence electrons. The molecule has 4 aromatic rings. The molecule has 0 fully saturated rings. The van der Waals surface area contributed by atoms with Crippen molar-refractivity contribution in [3.05, 3.63) is 59.8 Å². The van der Waals surface area contributed by atoms with Crippen LogP contribution < -0.4 is 5.32 Å². The van der Waals surface area contributed by atoms with Crippen LogP contribution in [0.2, 0.25) is 5.02 Å². The van der Waals surface area contributed by atoms with Crippen LogP contribution in [0, 0.1) is 0 Å². The first-order valence-corrected chi connectivity index (χ1v) is 8.69. The number of nitrogens with one attached hydrogen (secondary N) is 1. The van der Waals surface area contributed by atoms with Crippen LogP contribution in [0.25, 0.3) is 21.5 Å². The number of hydrogen-bond acceptors (Lipinski definition) is 5. The van der Waals surface area contributed by atoms with Gasteiger partial charge in [-0.1, -0.05) is 58.5 Å². The zero-order chi connectivity index (χ0) is 17.2. The summed E-state index contributed by atoms with van der Waals surface area (Å²) in [4.78, 5) is 16.6. The highest BCUT2D eigenvalue weighted by Gasteiger charge is 2.11. The third-order valence-corrected chi connectivity index (χ3v) is 4.82. The molecule has 1 N–H and O–H groups in total. The maximum absolute atomic E-state index is 12.2. The highest BCUT2D eigenvalue weighted by atomic mass is 35.5. The van der Waals surface area contributed by atoms with E-state index in [1.54, 1.807) is 12.3 Å². The summed E-state index contributed by atoms with van der Waals surface area (Å²) in [5, 5.41) is 12.0. The molecule has 0 aliphatic heterocycles. The van der Waals surface area contributed by atoms with Crippen LogP contribution in [0.15, 0.2) is 54.7 Å². The summed E-state index contributed by atoms with van der Waals surface area (Å²) in [7, 11) is 0. The van der Waals surface area contributed by atoms with Gasteiger partial charge in [0.15, 0.2) is 5.13 Å². The van der Waals surface area contributed by atoms with Gasteiger partial charge in [0.05, 0.1) is 21.4 Å². The zero-order valence-electron chi connectivity index (χ0n) is 12.9. The van der Waals surface area contributed by atoms with Gasteiger partial charge in [-0.3, -0.25) is 4.79 Å². The van der Waals surface area contributed by atoms with Crippen molar-refractivity contribution >= 4 is 44.2 Å². The van der Waals surface area contributed by atoms with E-state index in [0.717, 1.165) is 15.8 Å². The standard InChI is InChI=1S/C17H12ClN5OS/c18-12-6-2-1-5-11(12)14-9-23(22-21-14)10-16(24)20-17-19-13-7-3-4-8-15(13)25-17/h1-9H,10H2,(H,19,20,24). The lowest BCUT2D eigenvalue weighted by Crippen LogP contribution is -2.19. The first kappa shape index (κ1) is 15.7. The average molecular weight is 370 g/mol. The van der Waals surface area contributed by atoms with Crippen LogP contribution >= 0.6 is 22.9 Å². The molecule has 0 radical (unpaired) electrons. The monoisotopic (exact) mass is 369 g/mol. The van der Waals surface area contributed by atoms with Gasteiger partial charge in [0.1, 0.15) is 12.2 Å². The van der Waals surface area contributed by atoms with E-state index in [-0.39, 0.29) is 12.5 Å². The Labute approximate surface area is 152 Å². The van der Waals surface area contributed by atoms with Crippen LogP contribution in [-0.4, -0.2) is 25.9 Å². The Morgan fingerprint density at radius 2 is 1.96 bits per heavy atom. The molecule has 0 spiro atoms. The van der Waals surface area contributed by atoms with Crippen molar-refractivity contribution in [2.45, 2.75) is 6.54 Å². The van der Waals surface area contributed by atoms with E-state index >= 15 is 0 Å². The number of carbonyl (C=O) groups excluding carboxylic acids is 1. The minimum atomic E-state index is -0.213. The van der Waals surface area contributed by atoms with Crippen molar-refractivity contribution in [2.24, 2.45) is 0 Å². The van der Waals surface area contributed by atoms with Gasteiger partial charge in [-0.2, -0.15) is 0 Å². The number of aromatic nitrogens is 4. The second kappa shape index (κ2) is 6.62. The van der Waals surface area contributed by atoms with Crippen LogP contribution in [0.5, 0.6) is 0 Å². The van der Waals surface area contributed by atoms with Gasteiger partial charge in [0.2, 0.25) is 5.91 Å². The fourth-order valence-corrected chi connectivity index (χ4v) is 3.51. The number of thiazole rings is 1. The van der Waals surface area contributed by atoms with Gasteiger partial charge in [-0.15, -0.1) is 5.10 Å². The van der Waals surface area contributed by atoms with Crippen molar-refractivity contribution in [2.75, 3.05) is 5.32 Å². The van der Waals surface area contributed by atoms with E-state index in [9.17, 15) is 4.79 Å². The van der Waals surface area contributed by atoms with E-state index in [4.69, 9.17) is 11.6 Å². The third-order valence-electron chi connectivity index (χ3n) is 3.53. The lowest BCUT2D eigenvalue weighted by molar-refractivity contribution is -0.116. The van der Waals surface area contributed by atoms with Crippen molar-refractivity contribution in [3.8, 4) is 11.3 Å². The highest BCUT2D eigenvalue weighted by molar-refractivity contribution is 7.22. The average Bonchev–Trinajstić information content (AvgIpc) is 3.21. The number of para-hydroxylation sites is 1. The van der Waals surface area contributed by atoms with E-state index in [1.807, 2.05) is 42.5 Å². The van der Waals surface area contributed by atoms with Gasteiger partial charge in [-0.05, 0) is 18.2 Å². The van der Waals surface area contributed by atoms with Crippen molar-refractivity contribution in [1.29, 1.82) is 0 Å². The first-order chi connectivity index (χ1) is 12.2. The minimum Gasteiger partial charge on any atom is -0.300 e. The maximum Gasteiger partial charge on any atom is 0.247 e. The number of carbonyl (C=O) groups is 1. The molecular weight excluding hydrogens is 358 g/mol. The molecule has 0 saturated carbocycles. The van der Waals surface area contributed by atoms with Crippen LogP contribution in [-0.2, 0) is 11.3 Å². The molecule has 4 rings (SSSR count). The zero-order valence-corrected chi connectivity index (χ0v) is 14.5. The molecule has 2 aromatic heterocycles. The third kappa shape index (κ3) is 3.38. The summed E-state index contributed by atoms with van der Waals surface area (Å²) >= 11 is 7.59. The summed E-state index contributed by atoms with van der Waals surface area (Å²) in [5.74, 6) is -0.213. The molecule has 6 nitrogen and oxygen atoms in total. The molecule has 2 aromatic carbocycles. The number of anilines is 1. The Morgan fingerprint density at radius 3 is 2.80 bits per heavy atom. The van der Waals surface area contributed by atoms with E-state index in [1.165, 1.54) is 16.0 Å². The van der Waals surface area contributed by atoms with Crippen LogP contribution in [0.4, 0.5) is 5.13 Å². The van der Waals surface area contributed by atoms with Crippen molar-refractivity contribution < 1.29 is 4.79 Å². The Morgan fingerprint density at radius 1 is 1.16 bits per heavy atom. The number of fused-ring (bicyclic) bond motifs is 1. The van der Waals surface area contributed by atoms with Gasteiger partial charge in [0.25, 0.3) is 0 Å². The fraction of sp³-hybridized carbons (Fsp3) is 0.0588. The molecule has 8 heteroatoms. The predicted molar refractivity (Wildman–Crippen MR) is 98.7 cm³/mol. The topological polar surface area (TPSA) is 72.7 Å². The number of benzene rings is 2. The predicted octanol–water partition coefficient (Wildman–Crippen LogP) is 3.85. The van der Waals surface area contributed by atoms with E-state index in [2.05, 4.69) is 20.6 Å². The first-order valence-electron chi connectivity index (χ1n) is 7.49. The number of amides is 1. The summed E-state index contributed by atoms with van der Waals surface area (Å²) in [6, 6.07) is 15.1. The second-order valence-electron chi connectivity index (χ2n) is 5.32. The van der Waals surface area contributed by atoms with Gasteiger partial charge < -0.3 is 5.32 Å². The molecule has 0 saturated heterocycles. The molecule has 0 unspecified atom stereocenters. The number of rotatable bonds is 4. The Kier molecular flexibility index (Phi) is 4.17. The summed E-state index contributed by atoms with van der Waals surface area (Å²) in [5.41, 5.74) is 2.27. The highest BCUT2D eigenvalue weighted by Crippen LogP contribution is 2.26. The fourth-order valence-electron chi connectivity index (χ4n) is 2.40. The number of halogens is 1. The molecule has 0 aliphatic rings. The van der Waals surface area contributed by atoms with Gasteiger partial charge >= 0.3 is 0 Å². The van der Waals surface area contributed by atoms with E-state index in [0.29, 0.717) is 15.8 Å². The normalized spacial score (nSPS) is 10.9. The summed E-state index contributed by atoms with van der Waals surface area (Å²) in [6.45, 7) is 0.0490. The molecule has 0 aliphatic carbocycles. The van der Waals surface area contributed by atoms with Crippen LogP contribution in [0.1, 0.15) is 0 Å². The number of hydrogen-bond donors (Lipinski definition) is 1. The smallest absolute Gasteiger partial charge is 0.247 e. The van der Waals surface area contributed by atoms with Gasteiger partial charge in [0, 0.05) is 5.56 Å². The second-order valence-corrected chi connectivity index (χ2v) is 6.75. The molecule has 1 amide bonds. The molecule has 2 heterocycles. The van der Waals surface area contributed by atoms with Gasteiger partial charge in [-0.25, -0.2) is 9.67 Å². The lowest BCUT2D eigenvalue weighted by atomic mass is 10.2. The molecule has 25 heavy (non-hydrogen) atoms. The SMILES string of the molecule is O=C(Cn1cc(-c2ccccc2Cl)nn1)Nc1nc2ccccc2s1. The largest absolute Gasteiger partial charge is 0.300 e. The van der Waals surface area contributed by atoms with Crippen LogP contribution in [0.3, 0.4) is 0 Å². The quantitative estimate of drug-likeness (QED) is 0.593. The Bertz CT molecular complexity index is 1020. The maximum atomic E-state index is 12.2. The van der Waals surface area contributed by atoms with E-state index < -0.39 is 0 Å². The Hall–Kier alpha value is -2.77. The van der Waals surface area contributed by atoms with Crippen molar-refractivity contribution in [3.63, 3.8) is 0 Å². The summed E-state index contributed by atoms with van der Waals surface area (Å²) < 4.78 is 2.50. The minimum absolute atomic E-state index is 0.0490. The number of nitrogens with zero attached hydrogens (tertiary/aromatic N) is 4. The summed E-state index contributed by atoms with van der Waals surface area (Å²) in [6.07, 6.45) is 1.69. The lowest BCUT2D eigenvalue weighted by Gasteiger charge is -2.01.